The van der Waals surface area contributed by atoms with E-state index in [0.29, 0.717) is 0 Å². The van der Waals surface area contributed by atoms with Gasteiger partial charge in [-0.3, -0.25) is 0 Å². The van der Waals surface area contributed by atoms with E-state index in [1.807, 2.05) is 6.92 Å². The van der Waals surface area contributed by atoms with Gasteiger partial charge < -0.3 is 15.4 Å². The normalized spacial score (nSPS) is 29.2. The third-order valence-electron chi connectivity index (χ3n) is 1.88. The van der Waals surface area contributed by atoms with Crippen LogP contribution in [0.3, 0.4) is 0 Å². The molecule has 1 aliphatic rings. The van der Waals surface area contributed by atoms with Gasteiger partial charge in [0.1, 0.15) is 0 Å². The smallest absolute Gasteiger partial charge is 0.0850 e. The van der Waals surface area contributed by atoms with Crippen LogP contribution in [0.4, 0.5) is 0 Å². The Labute approximate surface area is 74.3 Å². The summed E-state index contributed by atoms with van der Waals surface area (Å²) >= 11 is 0. The van der Waals surface area contributed by atoms with Crippen LogP contribution in [0.1, 0.15) is 6.92 Å². The van der Waals surface area contributed by atoms with E-state index in [0.717, 1.165) is 19.7 Å². The van der Waals surface area contributed by atoms with Gasteiger partial charge in [0, 0.05) is 19.1 Å². The fourth-order valence-corrected chi connectivity index (χ4v) is 1.13. The van der Waals surface area contributed by atoms with Crippen molar-refractivity contribution in [2.75, 3.05) is 26.7 Å². The predicted molar refractivity (Wildman–Crippen MR) is 48.1 cm³/mol. The molecule has 3 nitrogen and oxygen atoms in total. The molecule has 1 aliphatic heterocycles. The maximum absolute atomic E-state index is 5.68. The summed E-state index contributed by atoms with van der Waals surface area (Å²) in [5.74, 6) is 0. The highest BCUT2D eigenvalue weighted by Gasteiger charge is 2.20. The number of nitrogens with two attached hydrogens (primary N) is 1. The van der Waals surface area contributed by atoms with Crippen LogP contribution >= 0.6 is 12.4 Å². The molecule has 0 aromatic heterocycles. The minimum atomic E-state index is 0. The lowest BCUT2D eigenvalue weighted by Gasteiger charge is -2.32. The predicted octanol–water partition coefficient (Wildman–Crippen LogP) is 0.0860. The molecule has 0 radical (unpaired) electrons. The van der Waals surface area contributed by atoms with Crippen molar-refractivity contribution in [3.8, 4) is 0 Å². The van der Waals surface area contributed by atoms with Crippen molar-refractivity contribution >= 4 is 12.4 Å². The van der Waals surface area contributed by atoms with Crippen LogP contribution in [0.5, 0.6) is 0 Å². The highest BCUT2D eigenvalue weighted by Crippen LogP contribution is 2.04. The van der Waals surface area contributed by atoms with Crippen LogP contribution in [-0.2, 0) is 4.74 Å². The summed E-state index contributed by atoms with van der Waals surface area (Å²) in [4.78, 5) is 2.25. The van der Waals surface area contributed by atoms with Crippen LogP contribution in [-0.4, -0.2) is 43.8 Å². The van der Waals surface area contributed by atoms with E-state index in [1.54, 1.807) is 0 Å². The topological polar surface area (TPSA) is 38.5 Å². The number of rotatable bonds is 1. The molecule has 4 heteroatoms. The molecule has 0 bridgehead atoms. The number of morpholine rings is 1. The molecule has 1 saturated heterocycles. The molecule has 1 rings (SSSR count). The third kappa shape index (κ3) is 3.38. The Bertz CT molecular complexity index is 111. The van der Waals surface area contributed by atoms with Crippen molar-refractivity contribution in [2.24, 2.45) is 5.73 Å². The van der Waals surface area contributed by atoms with Gasteiger partial charge in [0.25, 0.3) is 0 Å². The number of nitrogens with zero attached hydrogens (tertiary/aromatic N) is 1. The maximum Gasteiger partial charge on any atom is 0.0850 e. The quantitative estimate of drug-likeness (QED) is 0.622. The molecule has 0 saturated carbocycles. The average molecular weight is 181 g/mol. The Balaban J connectivity index is 0.000001000. The van der Waals surface area contributed by atoms with Crippen molar-refractivity contribution in [2.45, 2.75) is 19.1 Å². The summed E-state index contributed by atoms with van der Waals surface area (Å²) in [6.07, 6.45) is 0.235. The summed E-state index contributed by atoms with van der Waals surface area (Å²) in [5, 5.41) is 0. The molecule has 2 N–H and O–H groups in total. The van der Waals surface area contributed by atoms with E-state index in [-0.39, 0.29) is 24.6 Å². The summed E-state index contributed by atoms with van der Waals surface area (Å²) in [6.45, 7) is 4.81. The molecule has 1 fully saturated rings. The standard InChI is InChI=1S/C7H16N2O.ClH/c1-6(8)7-5-9(2)3-4-10-7;/h6-7H,3-5,8H2,1-2H3;1H. The van der Waals surface area contributed by atoms with Crippen molar-refractivity contribution in [3.05, 3.63) is 0 Å². The van der Waals surface area contributed by atoms with Crippen molar-refractivity contribution in [1.29, 1.82) is 0 Å². The monoisotopic (exact) mass is 180 g/mol. The van der Waals surface area contributed by atoms with Gasteiger partial charge in [-0.1, -0.05) is 0 Å². The second-order valence-electron chi connectivity index (χ2n) is 3.03. The molecular weight excluding hydrogens is 164 g/mol. The number of halogens is 1. The first-order valence-corrected chi connectivity index (χ1v) is 3.76. The molecule has 0 amide bonds. The fourth-order valence-electron chi connectivity index (χ4n) is 1.13. The number of ether oxygens (including phenoxy) is 1. The van der Waals surface area contributed by atoms with Gasteiger partial charge in [-0.2, -0.15) is 0 Å². The van der Waals surface area contributed by atoms with Crippen molar-refractivity contribution in [1.82, 2.24) is 4.90 Å². The Morgan fingerprint density at radius 1 is 1.64 bits per heavy atom. The Hall–Kier alpha value is 0.170. The van der Waals surface area contributed by atoms with E-state index < -0.39 is 0 Å². The largest absolute Gasteiger partial charge is 0.374 e. The lowest BCUT2D eigenvalue weighted by atomic mass is 10.2. The summed E-state index contributed by atoms with van der Waals surface area (Å²) in [7, 11) is 2.10. The zero-order chi connectivity index (χ0) is 7.56. The second kappa shape index (κ2) is 4.93. The zero-order valence-electron chi connectivity index (χ0n) is 7.12. The summed E-state index contributed by atoms with van der Waals surface area (Å²) in [5.41, 5.74) is 5.68. The molecule has 0 aromatic carbocycles. The molecule has 0 aromatic rings. The molecule has 0 aliphatic carbocycles. The Kier molecular flexibility index (Phi) is 5.01. The zero-order valence-corrected chi connectivity index (χ0v) is 7.93. The van der Waals surface area contributed by atoms with Crippen LogP contribution < -0.4 is 5.73 Å². The van der Waals surface area contributed by atoms with E-state index in [2.05, 4.69) is 11.9 Å². The van der Waals surface area contributed by atoms with E-state index in [9.17, 15) is 0 Å². The number of hydrogen-bond donors (Lipinski definition) is 1. The van der Waals surface area contributed by atoms with Gasteiger partial charge in [0.15, 0.2) is 0 Å². The summed E-state index contributed by atoms with van der Waals surface area (Å²) < 4.78 is 5.44. The van der Waals surface area contributed by atoms with Gasteiger partial charge in [0.05, 0.1) is 12.7 Å². The minimum absolute atomic E-state index is 0. The first-order valence-electron chi connectivity index (χ1n) is 3.76. The second-order valence-corrected chi connectivity index (χ2v) is 3.03. The van der Waals surface area contributed by atoms with E-state index in [4.69, 9.17) is 10.5 Å². The van der Waals surface area contributed by atoms with Crippen LogP contribution in [0.15, 0.2) is 0 Å². The first-order chi connectivity index (χ1) is 4.70. The average Bonchev–Trinajstić information content (AvgIpc) is 1.88. The van der Waals surface area contributed by atoms with Crippen LogP contribution in [0, 0.1) is 0 Å². The van der Waals surface area contributed by atoms with Crippen molar-refractivity contribution in [3.63, 3.8) is 0 Å². The highest BCUT2D eigenvalue weighted by atomic mass is 35.5. The Morgan fingerprint density at radius 2 is 2.27 bits per heavy atom. The molecule has 11 heavy (non-hydrogen) atoms. The minimum Gasteiger partial charge on any atom is -0.374 e. The number of hydrogen-bond acceptors (Lipinski definition) is 3. The fraction of sp³-hybridized carbons (Fsp3) is 1.00. The van der Waals surface area contributed by atoms with Crippen molar-refractivity contribution < 1.29 is 4.74 Å². The molecule has 2 unspecified atom stereocenters. The Morgan fingerprint density at radius 3 is 2.64 bits per heavy atom. The molecule has 68 valence electrons. The third-order valence-corrected chi connectivity index (χ3v) is 1.88. The number of likely N-dealkylation sites (N-methyl/N-ethyl adjacent to an activating group) is 1. The van der Waals surface area contributed by atoms with Gasteiger partial charge in [-0.25, -0.2) is 0 Å². The lowest BCUT2D eigenvalue weighted by Crippen LogP contribution is -2.47. The van der Waals surface area contributed by atoms with Gasteiger partial charge in [-0.15, -0.1) is 12.4 Å². The van der Waals surface area contributed by atoms with Gasteiger partial charge in [0.2, 0.25) is 0 Å². The molecule has 1 heterocycles. The van der Waals surface area contributed by atoms with Gasteiger partial charge >= 0.3 is 0 Å². The van der Waals surface area contributed by atoms with Gasteiger partial charge in [-0.05, 0) is 14.0 Å². The molecule has 0 spiro atoms. The first kappa shape index (κ1) is 11.2. The summed E-state index contributed by atoms with van der Waals surface area (Å²) in [6, 6.07) is 0.155. The van der Waals surface area contributed by atoms with Crippen LogP contribution in [0.25, 0.3) is 0 Å². The maximum atomic E-state index is 5.68. The van der Waals surface area contributed by atoms with Crippen LogP contribution in [0.2, 0.25) is 0 Å². The van der Waals surface area contributed by atoms with E-state index >= 15 is 0 Å². The molecule has 2 atom stereocenters. The SMILES string of the molecule is CC(N)C1CN(C)CCO1.Cl. The lowest BCUT2D eigenvalue weighted by molar-refractivity contribution is -0.0291. The highest BCUT2D eigenvalue weighted by molar-refractivity contribution is 5.85. The van der Waals surface area contributed by atoms with E-state index in [1.165, 1.54) is 0 Å². The molecular formula is C7H17ClN2O.